The van der Waals surface area contributed by atoms with Crippen molar-refractivity contribution in [2.45, 2.75) is 39.3 Å². The first-order valence-electron chi connectivity index (χ1n) is 6.30. The molecule has 0 aromatic heterocycles. The van der Waals surface area contributed by atoms with E-state index in [9.17, 15) is 4.79 Å². The van der Waals surface area contributed by atoms with E-state index in [0.29, 0.717) is 5.69 Å². The summed E-state index contributed by atoms with van der Waals surface area (Å²) in [4.78, 5) is 11.6. The van der Waals surface area contributed by atoms with Gasteiger partial charge in [-0.05, 0) is 45.4 Å². The summed E-state index contributed by atoms with van der Waals surface area (Å²) in [6.07, 6.45) is 3.41. The Labute approximate surface area is 114 Å². The molecule has 0 radical (unpaired) electrons. The van der Waals surface area contributed by atoms with E-state index < -0.39 is 11.7 Å². The summed E-state index contributed by atoms with van der Waals surface area (Å²) in [6.45, 7) is 7.40. The van der Waals surface area contributed by atoms with E-state index in [1.807, 2.05) is 64.1 Å². The highest BCUT2D eigenvalue weighted by molar-refractivity contribution is 5.85. The highest BCUT2D eigenvalue weighted by atomic mass is 16.6. The van der Waals surface area contributed by atoms with E-state index in [1.54, 1.807) is 0 Å². The molecule has 0 heterocycles. The Hall–Kier alpha value is -1.81. The largest absolute Gasteiger partial charge is 0.444 e. The van der Waals surface area contributed by atoms with Crippen LogP contribution >= 0.6 is 0 Å². The molecule has 1 atom stereocenters. The Morgan fingerprint density at radius 3 is 2.37 bits per heavy atom. The molecule has 104 valence electrons. The monoisotopic (exact) mass is 262 g/mol. The van der Waals surface area contributed by atoms with Crippen LogP contribution in [0.15, 0.2) is 30.3 Å². The molecule has 0 bridgehead atoms. The third-order valence-corrected chi connectivity index (χ3v) is 2.15. The van der Waals surface area contributed by atoms with Crippen molar-refractivity contribution in [3.05, 3.63) is 35.9 Å². The van der Waals surface area contributed by atoms with E-state index in [0.717, 1.165) is 5.56 Å². The fourth-order valence-electron chi connectivity index (χ4n) is 1.36. The lowest BCUT2D eigenvalue weighted by atomic mass is 10.1. The van der Waals surface area contributed by atoms with Crippen LogP contribution in [0.4, 0.5) is 10.5 Å². The van der Waals surface area contributed by atoms with Crippen molar-refractivity contribution in [1.29, 1.82) is 0 Å². The molecule has 3 N–H and O–H groups in total. The minimum absolute atomic E-state index is 0.0274. The molecule has 0 aliphatic heterocycles. The molecule has 4 heteroatoms. The summed E-state index contributed by atoms with van der Waals surface area (Å²) in [6, 6.07) is 7.49. The SMILES string of the molecule is CC(N)/C=C/c1ccc(NC(=O)OC(C)(C)C)cc1. The number of nitrogens with one attached hydrogen (secondary N) is 1. The zero-order valence-corrected chi connectivity index (χ0v) is 11.9. The lowest BCUT2D eigenvalue weighted by molar-refractivity contribution is 0.0636. The lowest BCUT2D eigenvalue weighted by Gasteiger charge is -2.19. The van der Waals surface area contributed by atoms with Gasteiger partial charge in [-0.25, -0.2) is 4.79 Å². The second-order valence-corrected chi connectivity index (χ2v) is 5.47. The van der Waals surface area contributed by atoms with Crippen LogP contribution in [-0.2, 0) is 4.74 Å². The average Bonchev–Trinajstić information content (AvgIpc) is 2.25. The van der Waals surface area contributed by atoms with Crippen LogP contribution in [0.25, 0.3) is 6.08 Å². The topological polar surface area (TPSA) is 64.3 Å². The van der Waals surface area contributed by atoms with Crippen LogP contribution in [-0.4, -0.2) is 17.7 Å². The molecule has 0 saturated heterocycles. The van der Waals surface area contributed by atoms with Gasteiger partial charge in [0.2, 0.25) is 0 Å². The molecule has 1 aromatic carbocycles. The number of nitrogens with two attached hydrogens (primary N) is 1. The summed E-state index contributed by atoms with van der Waals surface area (Å²) in [5, 5.41) is 2.68. The average molecular weight is 262 g/mol. The summed E-state index contributed by atoms with van der Waals surface area (Å²) in [5.74, 6) is 0. The summed E-state index contributed by atoms with van der Waals surface area (Å²) >= 11 is 0. The van der Waals surface area contributed by atoms with Gasteiger partial charge in [0.25, 0.3) is 0 Å². The molecule has 1 rings (SSSR count). The Balaban J connectivity index is 2.60. The normalized spacial score (nSPS) is 13.3. The third-order valence-electron chi connectivity index (χ3n) is 2.15. The first-order chi connectivity index (χ1) is 8.76. The van der Waals surface area contributed by atoms with Crippen molar-refractivity contribution >= 4 is 17.9 Å². The number of carbonyl (C=O) groups is 1. The van der Waals surface area contributed by atoms with Crippen LogP contribution in [0.1, 0.15) is 33.3 Å². The lowest BCUT2D eigenvalue weighted by Crippen LogP contribution is -2.27. The summed E-state index contributed by atoms with van der Waals surface area (Å²) in [5.41, 5.74) is 6.87. The number of rotatable bonds is 3. The van der Waals surface area contributed by atoms with E-state index >= 15 is 0 Å². The molecule has 19 heavy (non-hydrogen) atoms. The molecular weight excluding hydrogens is 240 g/mol. The van der Waals surface area contributed by atoms with Crippen LogP contribution in [0, 0.1) is 0 Å². The quantitative estimate of drug-likeness (QED) is 0.877. The highest BCUT2D eigenvalue weighted by Crippen LogP contribution is 2.13. The molecule has 0 aliphatic carbocycles. The first-order valence-corrected chi connectivity index (χ1v) is 6.30. The standard InChI is InChI=1S/C15H22N2O2/c1-11(16)5-6-12-7-9-13(10-8-12)17-14(18)19-15(2,3)4/h5-11H,16H2,1-4H3,(H,17,18)/b6-5+. The first kappa shape index (κ1) is 15.2. The van der Waals surface area contributed by atoms with Crippen molar-refractivity contribution in [1.82, 2.24) is 0 Å². The fraction of sp³-hybridized carbons (Fsp3) is 0.400. The van der Waals surface area contributed by atoms with Gasteiger partial charge in [-0.1, -0.05) is 24.3 Å². The van der Waals surface area contributed by atoms with Crippen LogP contribution in [0.2, 0.25) is 0 Å². The third kappa shape index (κ3) is 6.62. The molecule has 0 fully saturated rings. The molecule has 1 aromatic rings. The van der Waals surface area contributed by atoms with Crippen LogP contribution < -0.4 is 11.1 Å². The number of carbonyl (C=O) groups excluding carboxylic acids is 1. The Morgan fingerprint density at radius 1 is 1.32 bits per heavy atom. The maximum Gasteiger partial charge on any atom is 0.412 e. The Kier molecular flexibility index (Phi) is 5.12. The van der Waals surface area contributed by atoms with Gasteiger partial charge in [0.1, 0.15) is 5.60 Å². The Morgan fingerprint density at radius 2 is 1.89 bits per heavy atom. The number of benzene rings is 1. The smallest absolute Gasteiger partial charge is 0.412 e. The van der Waals surface area contributed by atoms with Gasteiger partial charge in [-0.3, -0.25) is 5.32 Å². The van der Waals surface area contributed by atoms with Crippen molar-refractivity contribution in [3.8, 4) is 0 Å². The number of ether oxygens (including phenoxy) is 1. The molecule has 1 unspecified atom stereocenters. The molecular formula is C15H22N2O2. The fourth-order valence-corrected chi connectivity index (χ4v) is 1.36. The molecule has 0 aliphatic rings. The van der Waals surface area contributed by atoms with Gasteiger partial charge in [-0.15, -0.1) is 0 Å². The van der Waals surface area contributed by atoms with Gasteiger partial charge in [-0.2, -0.15) is 0 Å². The predicted octanol–water partition coefficient (Wildman–Crippen LogP) is 3.39. The van der Waals surface area contributed by atoms with Gasteiger partial charge in [0, 0.05) is 11.7 Å². The maximum absolute atomic E-state index is 11.6. The number of hydrogen-bond acceptors (Lipinski definition) is 3. The zero-order chi connectivity index (χ0) is 14.5. The maximum atomic E-state index is 11.6. The van der Waals surface area contributed by atoms with E-state index in [-0.39, 0.29) is 6.04 Å². The van der Waals surface area contributed by atoms with Crippen LogP contribution in [0.5, 0.6) is 0 Å². The van der Waals surface area contributed by atoms with Crippen molar-refractivity contribution < 1.29 is 9.53 Å². The Bertz CT molecular complexity index is 442. The van der Waals surface area contributed by atoms with Gasteiger partial charge >= 0.3 is 6.09 Å². The molecule has 0 spiro atoms. The summed E-state index contributed by atoms with van der Waals surface area (Å²) < 4.78 is 5.17. The van der Waals surface area contributed by atoms with E-state index in [2.05, 4.69) is 5.32 Å². The molecule has 4 nitrogen and oxygen atoms in total. The van der Waals surface area contributed by atoms with E-state index in [4.69, 9.17) is 10.5 Å². The minimum atomic E-state index is -0.496. The van der Waals surface area contributed by atoms with Crippen molar-refractivity contribution in [2.75, 3.05) is 5.32 Å². The molecule has 1 amide bonds. The van der Waals surface area contributed by atoms with Crippen molar-refractivity contribution in [3.63, 3.8) is 0 Å². The van der Waals surface area contributed by atoms with Crippen LogP contribution in [0.3, 0.4) is 0 Å². The summed E-state index contributed by atoms with van der Waals surface area (Å²) in [7, 11) is 0. The number of amides is 1. The second kappa shape index (κ2) is 6.38. The van der Waals surface area contributed by atoms with Gasteiger partial charge < -0.3 is 10.5 Å². The number of hydrogen-bond donors (Lipinski definition) is 2. The predicted molar refractivity (Wildman–Crippen MR) is 79.0 cm³/mol. The number of anilines is 1. The highest BCUT2D eigenvalue weighted by Gasteiger charge is 2.15. The van der Waals surface area contributed by atoms with E-state index in [1.165, 1.54) is 0 Å². The second-order valence-electron chi connectivity index (χ2n) is 5.47. The minimum Gasteiger partial charge on any atom is -0.444 e. The van der Waals surface area contributed by atoms with Gasteiger partial charge in [0.05, 0.1) is 0 Å². The van der Waals surface area contributed by atoms with Gasteiger partial charge in [0.15, 0.2) is 0 Å². The zero-order valence-electron chi connectivity index (χ0n) is 11.9. The van der Waals surface area contributed by atoms with Crippen molar-refractivity contribution in [2.24, 2.45) is 5.73 Å². The molecule has 0 saturated carbocycles.